The smallest absolute Gasteiger partial charge is 0.0626 e. The van der Waals surface area contributed by atoms with Crippen molar-refractivity contribution in [3.05, 3.63) is 35.8 Å². The maximum absolute atomic E-state index is 8.27. The van der Waals surface area contributed by atoms with Gasteiger partial charge in [0.25, 0.3) is 0 Å². The lowest BCUT2D eigenvalue weighted by Crippen LogP contribution is -2.31. The van der Waals surface area contributed by atoms with Gasteiger partial charge in [0, 0.05) is 12.9 Å². The minimum atomic E-state index is -3.12. The molecule has 0 aromatic heterocycles. The maximum Gasteiger partial charge on any atom is 0.0626 e. The zero-order valence-corrected chi connectivity index (χ0v) is 7.60. The number of hydrogen-bond donors (Lipinski definition) is 0. The zero-order chi connectivity index (χ0) is 20.8. The SMILES string of the molecule is [2H]c1c([2H])c([2H])c(C([2H])([2H])[C@H](N(C)C([2H])([2H])C#C)C([2H])([2H])[2H])c([2H])c1[2H]. The third kappa shape index (κ3) is 3.24. The number of terminal acetylenes is 1. The first-order chi connectivity index (χ1) is 11.5. The molecule has 0 saturated heterocycles. The van der Waals surface area contributed by atoms with E-state index in [0.29, 0.717) is 4.90 Å². The highest BCUT2D eigenvalue weighted by molar-refractivity contribution is 5.15. The predicted molar refractivity (Wildman–Crippen MR) is 61.1 cm³/mol. The van der Waals surface area contributed by atoms with Gasteiger partial charge in [-0.1, -0.05) is 36.1 Å². The van der Waals surface area contributed by atoms with Crippen LogP contribution in [0.1, 0.15) is 28.9 Å². The van der Waals surface area contributed by atoms with Crippen LogP contribution >= 0.6 is 0 Å². The second-order valence-electron chi connectivity index (χ2n) is 2.41. The van der Waals surface area contributed by atoms with Crippen molar-refractivity contribution >= 4 is 0 Å². The molecule has 0 spiro atoms. The molecule has 0 aliphatic rings. The Morgan fingerprint density at radius 1 is 1.64 bits per heavy atom. The van der Waals surface area contributed by atoms with E-state index in [2.05, 4.69) is 0 Å². The first-order valence-electron chi connectivity index (χ1n) is 9.80. The van der Waals surface area contributed by atoms with Gasteiger partial charge in [-0.15, -0.1) is 6.42 Å². The van der Waals surface area contributed by atoms with Gasteiger partial charge in [-0.2, -0.15) is 0 Å². The molecule has 0 aliphatic carbocycles. The van der Waals surface area contributed by atoms with Crippen molar-refractivity contribution in [3.8, 4) is 12.3 Å². The predicted octanol–water partition coefficient (Wildman–Crippen LogP) is 2.18. The van der Waals surface area contributed by atoms with Gasteiger partial charge in [0.15, 0.2) is 0 Å². The third-order valence-corrected chi connectivity index (χ3v) is 1.41. The lowest BCUT2D eigenvalue weighted by molar-refractivity contribution is 0.287. The summed E-state index contributed by atoms with van der Waals surface area (Å²) < 4.78 is 93.5. The third-order valence-electron chi connectivity index (χ3n) is 1.41. The van der Waals surface area contributed by atoms with Gasteiger partial charge in [0.1, 0.15) is 0 Å². The quantitative estimate of drug-likeness (QED) is 0.672. The number of likely N-dealkylation sites (N-methyl/N-ethyl adjacent to an activating group) is 1. The Bertz CT molecular complexity index is 716. The standard InChI is InChI=1S/C13H17N/c1-4-10-14(3)12(2)11-13-8-6-5-7-9-13/h1,5-9,12H,10-11H2,2-3H3/t12-/m1/s1/i2D3,5D,6D,7D,8D,9D,10D2,11D2. The summed E-state index contributed by atoms with van der Waals surface area (Å²) >= 11 is 0. The molecule has 0 fully saturated rings. The highest BCUT2D eigenvalue weighted by Gasteiger charge is 2.07. The molecule has 1 heteroatoms. The summed E-state index contributed by atoms with van der Waals surface area (Å²) in [6, 6.07) is -6.41. The maximum atomic E-state index is 8.27. The van der Waals surface area contributed by atoms with Gasteiger partial charge < -0.3 is 0 Å². The fourth-order valence-electron chi connectivity index (χ4n) is 0.722. The van der Waals surface area contributed by atoms with E-state index < -0.39 is 61.5 Å². The Morgan fingerprint density at radius 2 is 2.36 bits per heavy atom. The largest absolute Gasteiger partial charge is 0.292 e. The van der Waals surface area contributed by atoms with Crippen LogP contribution in [-0.4, -0.2) is 24.5 Å². The molecule has 14 heavy (non-hydrogen) atoms. The lowest BCUT2D eigenvalue weighted by atomic mass is 10.1. The van der Waals surface area contributed by atoms with Crippen LogP contribution in [0.25, 0.3) is 0 Å². The summed E-state index contributed by atoms with van der Waals surface area (Å²) in [5.74, 6) is 1.72. The fraction of sp³-hybridized carbons (Fsp3) is 0.385. The summed E-state index contributed by atoms with van der Waals surface area (Å²) in [4.78, 5) is 0.473. The Hall–Kier alpha value is -1.26. The van der Waals surface area contributed by atoms with Crippen molar-refractivity contribution in [1.82, 2.24) is 4.90 Å². The van der Waals surface area contributed by atoms with Gasteiger partial charge in [0.05, 0.1) is 16.1 Å². The fourth-order valence-corrected chi connectivity index (χ4v) is 0.722. The van der Waals surface area contributed by atoms with Gasteiger partial charge in [0.2, 0.25) is 0 Å². The molecule has 1 nitrogen and oxygen atoms in total. The molecule has 0 aliphatic heterocycles. The van der Waals surface area contributed by atoms with Crippen LogP contribution in [-0.2, 0) is 6.37 Å². The number of benzene rings is 1. The molecule has 0 unspecified atom stereocenters. The molecule has 1 rings (SSSR count). The molecule has 1 aromatic rings. The molecule has 0 heterocycles. The molecular formula is C13H17N. The minimum absolute atomic E-state index is 0.473. The van der Waals surface area contributed by atoms with Crippen molar-refractivity contribution in [1.29, 1.82) is 0 Å². The molecule has 1 aromatic carbocycles. The van der Waals surface area contributed by atoms with Crippen molar-refractivity contribution in [3.63, 3.8) is 0 Å². The Balaban J connectivity index is 3.82. The average molecular weight is 199 g/mol. The highest BCUT2D eigenvalue weighted by Crippen LogP contribution is 2.06. The molecule has 0 amide bonds. The van der Waals surface area contributed by atoms with Crippen LogP contribution in [0.5, 0.6) is 0 Å². The summed E-state index contributed by atoms with van der Waals surface area (Å²) in [6.45, 7) is -5.77. The van der Waals surface area contributed by atoms with Crippen molar-refractivity contribution in [2.45, 2.75) is 19.3 Å². The zero-order valence-electron chi connectivity index (χ0n) is 19.6. The number of hydrogen-bond acceptors (Lipinski definition) is 1. The van der Waals surface area contributed by atoms with E-state index in [1.165, 1.54) is 0 Å². The lowest BCUT2D eigenvalue weighted by Gasteiger charge is -2.22. The van der Waals surface area contributed by atoms with Crippen LogP contribution in [0.3, 0.4) is 0 Å². The highest BCUT2D eigenvalue weighted by atomic mass is 15.1. The van der Waals surface area contributed by atoms with E-state index in [1.807, 2.05) is 0 Å². The van der Waals surface area contributed by atoms with Crippen molar-refractivity contribution < 1.29 is 16.4 Å². The van der Waals surface area contributed by atoms with Gasteiger partial charge in [-0.25, -0.2) is 0 Å². The first kappa shape index (κ1) is 2.87. The summed E-state index contributed by atoms with van der Waals surface area (Å²) in [6.07, 6.45) is 2.02. The Kier molecular flexibility index (Phi) is 1.12. The molecular weight excluding hydrogens is 170 g/mol. The second-order valence-corrected chi connectivity index (χ2v) is 2.41. The minimum Gasteiger partial charge on any atom is -0.292 e. The molecule has 0 saturated carbocycles. The summed E-state index contributed by atoms with van der Waals surface area (Å²) in [5.41, 5.74) is -0.871. The van der Waals surface area contributed by atoms with E-state index in [4.69, 9.17) is 22.9 Å². The second kappa shape index (κ2) is 5.47. The number of rotatable bonds is 4. The molecule has 74 valence electrons. The van der Waals surface area contributed by atoms with E-state index in [-0.39, 0.29) is 0 Å². The van der Waals surface area contributed by atoms with Crippen molar-refractivity contribution in [2.24, 2.45) is 0 Å². The molecule has 0 bridgehead atoms. The van der Waals surface area contributed by atoms with Crippen LogP contribution < -0.4 is 0 Å². The normalized spacial score (nSPS) is 27.8. The van der Waals surface area contributed by atoms with E-state index >= 15 is 0 Å². The average Bonchev–Trinajstić information content (AvgIpc) is 2.49. The van der Waals surface area contributed by atoms with E-state index in [9.17, 15) is 0 Å². The topological polar surface area (TPSA) is 3.24 Å². The Labute approximate surface area is 104 Å². The monoisotopic (exact) mass is 199 g/mol. The summed E-state index contributed by atoms with van der Waals surface area (Å²) in [5, 5.41) is 0. The molecule has 1 atom stereocenters. The van der Waals surface area contributed by atoms with Crippen LogP contribution in [0.2, 0.25) is 0 Å². The van der Waals surface area contributed by atoms with Crippen LogP contribution in [0.4, 0.5) is 0 Å². The molecule has 0 N–H and O–H groups in total. The van der Waals surface area contributed by atoms with Crippen molar-refractivity contribution in [2.75, 3.05) is 13.5 Å². The van der Waals surface area contributed by atoms with E-state index in [0.717, 1.165) is 7.05 Å². The Morgan fingerprint density at radius 3 is 2.93 bits per heavy atom. The van der Waals surface area contributed by atoms with Gasteiger partial charge >= 0.3 is 0 Å². The van der Waals surface area contributed by atoms with Crippen LogP contribution in [0, 0.1) is 12.3 Å². The van der Waals surface area contributed by atoms with Gasteiger partial charge in [-0.3, -0.25) is 4.90 Å². The van der Waals surface area contributed by atoms with Gasteiger partial charge in [-0.05, 0) is 25.8 Å². The number of nitrogens with zero attached hydrogens (tertiary/aromatic N) is 1. The first-order valence-corrected chi connectivity index (χ1v) is 3.80. The van der Waals surface area contributed by atoms with E-state index in [1.54, 1.807) is 5.92 Å². The summed E-state index contributed by atoms with van der Waals surface area (Å²) in [7, 11) is 0.962. The van der Waals surface area contributed by atoms with Crippen LogP contribution in [0.15, 0.2) is 30.2 Å². The molecule has 0 radical (unpaired) electrons.